The zero-order chi connectivity index (χ0) is 20.0. The summed E-state index contributed by atoms with van der Waals surface area (Å²) in [6, 6.07) is 7.80. The topological polar surface area (TPSA) is 46.5 Å². The van der Waals surface area contributed by atoms with Gasteiger partial charge in [-0.15, -0.1) is 0 Å². The molecule has 0 bridgehead atoms. The normalized spacial score (nSPS) is 12.2. The van der Waals surface area contributed by atoms with Gasteiger partial charge >= 0.3 is 0 Å². The number of aliphatic hydroxyl groups excluding tert-OH is 1. The van der Waals surface area contributed by atoms with Crippen molar-refractivity contribution in [3.8, 4) is 16.9 Å². The maximum atomic E-state index is 11.2. The fraction of sp³-hybridized carbons (Fsp3) is 0.429. The average Bonchev–Trinajstić information content (AvgIpc) is 2.66. The lowest BCUT2D eigenvalue weighted by Crippen LogP contribution is -2.07. The van der Waals surface area contributed by atoms with Crippen molar-refractivity contribution >= 4 is 34.0 Å². The Labute approximate surface area is 174 Å². The Hall–Kier alpha value is -1.07. The molecule has 2 aromatic carbocycles. The van der Waals surface area contributed by atoms with E-state index >= 15 is 0 Å². The predicted octanol–water partition coefficient (Wildman–Crippen LogP) is 5.42. The summed E-state index contributed by atoms with van der Waals surface area (Å²) in [5.74, 6) is 1.10. The summed E-state index contributed by atoms with van der Waals surface area (Å²) in [5, 5.41) is 10.5. The number of halogens is 2. The molecule has 148 valence electrons. The third kappa shape index (κ3) is 5.26. The van der Waals surface area contributed by atoms with Gasteiger partial charge in [0.1, 0.15) is 0 Å². The molecule has 3 nitrogen and oxygen atoms in total. The third-order valence-electron chi connectivity index (χ3n) is 4.46. The maximum absolute atomic E-state index is 11.2. The van der Waals surface area contributed by atoms with Crippen molar-refractivity contribution in [3.63, 3.8) is 0 Å². The highest BCUT2D eigenvalue weighted by Crippen LogP contribution is 2.45. The monoisotopic (exact) mass is 428 g/mol. The van der Waals surface area contributed by atoms with Crippen LogP contribution < -0.4 is 4.74 Å². The highest BCUT2D eigenvalue weighted by atomic mass is 35.5. The quantitative estimate of drug-likeness (QED) is 0.541. The molecule has 0 radical (unpaired) electrons. The largest absolute Gasteiger partial charge is 0.490 e. The van der Waals surface area contributed by atoms with Gasteiger partial charge in [0.15, 0.2) is 5.75 Å². The molecule has 0 aliphatic heterocycles. The van der Waals surface area contributed by atoms with Gasteiger partial charge in [-0.3, -0.25) is 4.21 Å². The molecular formula is C21H26Cl2O3S. The summed E-state index contributed by atoms with van der Waals surface area (Å²) in [7, 11) is -0.844. The molecule has 0 aliphatic carbocycles. The summed E-state index contributed by atoms with van der Waals surface area (Å²) >= 11 is 13.4. The van der Waals surface area contributed by atoms with E-state index in [1.165, 1.54) is 0 Å². The van der Waals surface area contributed by atoms with Crippen LogP contribution >= 0.6 is 23.2 Å². The molecule has 0 saturated carbocycles. The first-order valence-corrected chi connectivity index (χ1v) is 11.6. The lowest BCUT2D eigenvalue weighted by atomic mass is 9.90. The second-order valence-electron chi connectivity index (χ2n) is 6.33. The maximum Gasteiger partial charge on any atom is 0.157 e. The minimum Gasteiger partial charge on any atom is -0.490 e. The lowest BCUT2D eigenvalue weighted by molar-refractivity contribution is 0.282. The molecule has 27 heavy (non-hydrogen) atoms. The van der Waals surface area contributed by atoms with Crippen LogP contribution in [0.15, 0.2) is 24.3 Å². The van der Waals surface area contributed by atoms with Gasteiger partial charge in [-0.2, -0.15) is 0 Å². The van der Waals surface area contributed by atoms with Gasteiger partial charge in [-0.25, -0.2) is 0 Å². The summed E-state index contributed by atoms with van der Waals surface area (Å²) in [5.41, 5.74) is 4.83. The molecule has 1 N–H and O–H groups in total. The summed E-state index contributed by atoms with van der Waals surface area (Å²) in [6.45, 7) is 4.51. The molecule has 2 rings (SSSR count). The Balaban J connectivity index is 2.53. The van der Waals surface area contributed by atoms with E-state index < -0.39 is 10.8 Å². The molecule has 0 spiro atoms. The van der Waals surface area contributed by atoms with Crippen molar-refractivity contribution in [2.24, 2.45) is 0 Å². The minimum absolute atomic E-state index is 0.0157. The SMILES string of the molecule is CCc1c(Cl)c(OCCCS(C)=O)c(Cl)c(CC)c1-c1cccc(CO)c1. The fourth-order valence-electron chi connectivity index (χ4n) is 3.17. The van der Waals surface area contributed by atoms with Gasteiger partial charge in [-0.1, -0.05) is 55.2 Å². The highest BCUT2D eigenvalue weighted by molar-refractivity contribution is 7.84. The van der Waals surface area contributed by atoms with Crippen LogP contribution in [0.25, 0.3) is 11.1 Å². The molecule has 2 aromatic rings. The molecule has 1 unspecified atom stereocenters. The number of benzene rings is 2. The Morgan fingerprint density at radius 1 is 1.11 bits per heavy atom. The number of rotatable bonds is 9. The van der Waals surface area contributed by atoms with Crippen LogP contribution in [-0.4, -0.2) is 27.9 Å². The zero-order valence-electron chi connectivity index (χ0n) is 16.0. The van der Waals surface area contributed by atoms with Crippen molar-refractivity contribution in [1.82, 2.24) is 0 Å². The van der Waals surface area contributed by atoms with Gasteiger partial charge in [0.25, 0.3) is 0 Å². The molecule has 1 atom stereocenters. The smallest absolute Gasteiger partial charge is 0.157 e. The predicted molar refractivity (Wildman–Crippen MR) is 116 cm³/mol. The van der Waals surface area contributed by atoms with Crippen molar-refractivity contribution < 1.29 is 14.1 Å². The van der Waals surface area contributed by atoms with E-state index in [-0.39, 0.29) is 6.61 Å². The Bertz CT molecular complexity index is 790. The Kier molecular flexibility index (Phi) is 8.62. The molecular weight excluding hydrogens is 403 g/mol. The van der Waals surface area contributed by atoms with Crippen LogP contribution in [0.5, 0.6) is 5.75 Å². The lowest BCUT2D eigenvalue weighted by Gasteiger charge is -2.21. The van der Waals surface area contributed by atoms with E-state index in [1.807, 2.05) is 24.3 Å². The van der Waals surface area contributed by atoms with E-state index in [1.54, 1.807) is 6.26 Å². The van der Waals surface area contributed by atoms with E-state index in [0.29, 0.717) is 34.6 Å². The van der Waals surface area contributed by atoms with E-state index in [4.69, 9.17) is 27.9 Å². The summed E-state index contributed by atoms with van der Waals surface area (Å²) in [6.07, 6.45) is 3.83. The van der Waals surface area contributed by atoms with Crippen LogP contribution in [0.1, 0.15) is 37.0 Å². The average molecular weight is 429 g/mol. The standard InChI is InChI=1S/C21H26Cl2O3S/c1-4-16-18(15-9-6-8-14(12-15)13-24)17(5-2)20(23)21(19(16)22)26-10-7-11-27(3)25/h6,8-9,12,24H,4-5,7,10-11,13H2,1-3H3. The van der Waals surface area contributed by atoms with Crippen molar-refractivity contribution in [2.75, 3.05) is 18.6 Å². The number of hydrogen-bond acceptors (Lipinski definition) is 3. The van der Waals surface area contributed by atoms with Gasteiger partial charge in [0.2, 0.25) is 0 Å². The second-order valence-corrected chi connectivity index (χ2v) is 8.64. The number of ether oxygens (including phenoxy) is 1. The van der Waals surface area contributed by atoms with Crippen LogP contribution in [0, 0.1) is 0 Å². The molecule has 0 amide bonds. The van der Waals surface area contributed by atoms with Crippen molar-refractivity contribution in [2.45, 2.75) is 39.7 Å². The Morgan fingerprint density at radius 3 is 2.26 bits per heavy atom. The number of aliphatic hydroxyl groups is 1. The highest BCUT2D eigenvalue weighted by Gasteiger charge is 2.22. The first kappa shape index (κ1) is 22.2. The van der Waals surface area contributed by atoms with Gasteiger partial charge in [0, 0.05) is 22.8 Å². The van der Waals surface area contributed by atoms with Crippen molar-refractivity contribution in [3.05, 3.63) is 51.0 Å². The molecule has 0 heterocycles. The first-order valence-electron chi connectivity index (χ1n) is 9.10. The first-order chi connectivity index (χ1) is 12.9. The van der Waals surface area contributed by atoms with Gasteiger partial charge < -0.3 is 9.84 Å². The Morgan fingerprint density at radius 2 is 1.74 bits per heavy atom. The zero-order valence-corrected chi connectivity index (χ0v) is 18.3. The van der Waals surface area contributed by atoms with Crippen LogP contribution in [0.4, 0.5) is 0 Å². The summed E-state index contributed by atoms with van der Waals surface area (Å²) in [4.78, 5) is 0. The number of hydrogen-bond donors (Lipinski definition) is 1. The van der Waals surface area contributed by atoms with Crippen LogP contribution in [-0.2, 0) is 30.2 Å². The third-order valence-corrected chi connectivity index (χ3v) is 6.12. The van der Waals surface area contributed by atoms with Crippen LogP contribution in [0.2, 0.25) is 10.0 Å². The van der Waals surface area contributed by atoms with Crippen LogP contribution in [0.3, 0.4) is 0 Å². The van der Waals surface area contributed by atoms with Gasteiger partial charge in [0.05, 0.1) is 23.3 Å². The second kappa shape index (κ2) is 10.5. The van der Waals surface area contributed by atoms with E-state index in [0.717, 1.165) is 40.7 Å². The molecule has 0 fully saturated rings. The van der Waals surface area contributed by atoms with E-state index in [2.05, 4.69) is 13.8 Å². The van der Waals surface area contributed by atoms with Gasteiger partial charge in [-0.05, 0) is 53.1 Å². The van der Waals surface area contributed by atoms with Crippen molar-refractivity contribution in [1.29, 1.82) is 0 Å². The molecule has 0 saturated heterocycles. The molecule has 0 aliphatic rings. The molecule has 0 aromatic heterocycles. The summed E-state index contributed by atoms with van der Waals surface area (Å²) < 4.78 is 17.1. The van der Waals surface area contributed by atoms with E-state index in [9.17, 15) is 9.32 Å². The minimum atomic E-state index is -0.844. The fourth-order valence-corrected chi connectivity index (χ4v) is 4.50. The molecule has 6 heteroatoms.